The molecule has 0 saturated carbocycles. The van der Waals surface area contributed by atoms with E-state index in [0.717, 1.165) is 57.7 Å². The third-order valence-electron chi connectivity index (χ3n) is 7.51. The Kier molecular flexibility index (Phi) is 8.06. The van der Waals surface area contributed by atoms with Crippen LogP contribution in [0.3, 0.4) is 0 Å². The van der Waals surface area contributed by atoms with Crippen LogP contribution in [0.1, 0.15) is 28.8 Å². The van der Waals surface area contributed by atoms with Crippen LogP contribution in [0.4, 0.5) is 10.5 Å². The maximum atomic E-state index is 13.6. The molecule has 2 aromatic carbocycles. The largest absolute Gasteiger partial charge is 0.484 e. The Morgan fingerprint density at radius 3 is 2.42 bits per heavy atom. The fourth-order valence-electron chi connectivity index (χ4n) is 5.33. The summed E-state index contributed by atoms with van der Waals surface area (Å²) in [4.78, 5) is 42.6. The molecule has 1 aromatic heterocycles. The van der Waals surface area contributed by atoms with Crippen molar-refractivity contribution < 1.29 is 19.1 Å². The van der Waals surface area contributed by atoms with Gasteiger partial charge in [-0.05, 0) is 50.2 Å². The Morgan fingerprint density at radius 1 is 0.975 bits per heavy atom. The average Bonchev–Trinajstić information content (AvgIpc) is 3.68. The van der Waals surface area contributed by atoms with Gasteiger partial charge in [0.2, 0.25) is 0 Å². The first-order chi connectivity index (χ1) is 19.0. The molecule has 12 heteroatoms. The first kappa shape index (κ1) is 27.6. The third kappa shape index (κ3) is 5.40. The van der Waals surface area contributed by atoms with Crippen LogP contribution >= 0.6 is 12.4 Å². The van der Waals surface area contributed by atoms with Gasteiger partial charge in [0.1, 0.15) is 11.4 Å². The molecule has 0 atom stereocenters. The molecular formula is C28H32ClN7O4. The van der Waals surface area contributed by atoms with Crippen LogP contribution in [0.25, 0.3) is 22.5 Å². The van der Waals surface area contributed by atoms with E-state index in [1.807, 2.05) is 34.2 Å². The molecule has 0 radical (unpaired) electrons. The number of benzene rings is 2. The summed E-state index contributed by atoms with van der Waals surface area (Å²) >= 11 is 0. The summed E-state index contributed by atoms with van der Waals surface area (Å²) in [5.74, 6) is 0.369. The number of aromatic nitrogens is 2. The van der Waals surface area contributed by atoms with Crippen LogP contribution in [0, 0.1) is 0 Å². The van der Waals surface area contributed by atoms with Crippen molar-refractivity contribution in [3.05, 3.63) is 53.6 Å². The number of likely N-dealkylation sites (tertiary alicyclic amines) is 1. The highest BCUT2D eigenvalue weighted by Gasteiger charge is 2.35. The second-order valence-corrected chi connectivity index (χ2v) is 10.1. The van der Waals surface area contributed by atoms with Gasteiger partial charge in [-0.15, -0.1) is 12.4 Å². The number of anilines is 1. The molecule has 3 amide bonds. The summed E-state index contributed by atoms with van der Waals surface area (Å²) in [6, 6.07) is 12.2. The number of fused-ring (bicyclic) bond motifs is 3. The smallest absolute Gasteiger partial charge is 0.333 e. The van der Waals surface area contributed by atoms with Crippen LogP contribution in [0.15, 0.2) is 42.5 Å². The predicted octanol–water partition coefficient (Wildman–Crippen LogP) is 3.00. The number of piperazine rings is 1. The quantitative estimate of drug-likeness (QED) is 0.328. The normalized spacial score (nSPS) is 16.7. The van der Waals surface area contributed by atoms with E-state index in [-0.39, 0.29) is 36.7 Å². The lowest BCUT2D eigenvalue weighted by atomic mass is 10.0. The van der Waals surface area contributed by atoms with E-state index in [4.69, 9.17) is 4.74 Å². The minimum absolute atomic E-state index is 0. The first-order valence-electron chi connectivity index (χ1n) is 13.3. The van der Waals surface area contributed by atoms with E-state index in [2.05, 4.69) is 32.9 Å². The number of H-pyrrole nitrogens is 1. The molecule has 6 rings (SSSR count). The van der Waals surface area contributed by atoms with Crippen molar-refractivity contribution in [2.75, 3.05) is 58.2 Å². The topological polar surface area (TPSA) is 123 Å². The lowest BCUT2D eigenvalue weighted by Crippen LogP contribution is -2.53. The molecule has 2 fully saturated rings. The number of hydrazine groups is 1. The molecule has 1 aliphatic carbocycles. The van der Waals surface area contributed by atoms with Crippen LogP contribution in [-0.2, 0) is 4.79 Å². The standard InChI is InChI=1S/C28H31N7O4.ClH/c1-33-13-15-35(16-14-33)32-28(38)29-21-6-4-5-20-23(21)27(37)24-25(30-31-26(20)24)18-7-9-19(10-8-18)39-17-22(36)34-11-2-3-12-34;/h4-10H,2-3,11-17H2,1H3,(H,30,31)(H2,29,32,38);1H. The summed E-state index contributed by atoms with van der Waals surface area (Å²) in [5.41, 5.74) is 6.84. The van der Waals surface area contributed by atoms with Gasteiger partial charge in [0.15, 0.2) is 12.4 Å². The molecule has 0 spiro atoms. The SMILES string of the molecule is CN1CCN(NC(=O)Nc2cccc3c2C(=O)c2c(-c4ccc(OCC(=O)N5CCCC5)cc4)n[nH]c2-3)CC1.Cl. The number of aromatic amines is 1. The Hall–Kier alpha value is -3.93. The molecule has 0 bridgehead atoms. The van der Waals surface area contributed by atoms with Gasteiger partial charge in [0.25, 0.3) is 5.91 Å². The lowest BCUT2D eigenvalue weighted by molar-refractivity contribution is -0.132. The van der Waals surface area contributed by atoms with Crippen LogP contribution in [0.2, 0.25) is 0 Å². The van der Waals surface area contributed by atoms with Crippen molar-refractivity contribution >= 4 is 35.8 Å². The fraction of sp³-hybridized carbons (Fsp3) is 0.357. The van der Waals surface area contributed by atoms with Gasteiger partial charge in [-0.1, -0.05) is 12.1 Å². The van der Waals surface area contributed by atoms with Crippen molar-refractivity contribution in [2.24, 2.45) is 0 Å². The van der Waals surface area contributed by atoms with Crippen LogP contribution < -0.4 is 15.5 Å². The first-order valence-corrected chi connectivity index (χ1v) is 13.3. The van der Waals surface area contributed by atoms with Crippen LogP contribution in [-0.4, -0.2) is 95.7 Å². The van der Waals surface area contributed by atoms with Crippen molar-refractivity contribution in [3.8, 4) is 28.3 Å². The third-order valence-corrected chi connectivity index (χ3v) is 7.51. The lowest BCUT2D eigenvalue weighted by Gasteiger charge is -2.32. The minimum atomic E-state index is -0.381. The molecule has 11 nitrogen and oxygen atoms in total. The molecule has 210 valence electrons. The second kappa shape index (κ2) is 11.7. The Bertz CT molecular complexity index is 1410. The number of hydrogen-bond donors (Lipinski definition) is 3. The number of ketones is 1. The summed E-state index contributed by atoms with van der Waals surface area (Å²) in [7, 11) is 2.05. The highest BCUT2D eigenvalue weighted by Crippen LogP contribution is 2.43. The Morgan fingerprint density at radius 2 is 1.70 bits per heavy atom. The second-order valence-electron chi connectivity index (χ2n) is 10.1. The van der Waals surface area contributed by atoms with Gasteiger partial charge >= 0.3 is 6.03 Å². The van der Waals surface area contributed by atoms with Gasteiger partial charge in [-0.2, -0.15) is 5.10 Å². The van der Waals surface area contributed by atoms with E-state index in [1.54, 1.807) is 18.2 Å². The molecule has 0 unspecified atom stereocenters. The number of hydrogen-bond acceptors (Lipinski definition) is 7. The molecule has 3 aromatic rings. The Labute approximate surface area is 238 Å². The Balaban J connectivity index is 0.00000323. The number of nitrogens with one attached hydrogen (secondary N) is 3. The number of halogens is 1. The minimum Gasteiger partial charge on any atom is -0.484 e. The number of urea groups is 1. The van der Waals surface area contributed by atoms with Crippen LogP contribution in [0.5, 0.6) is 5.75 Å². The van der Waals surface area contributed by atoms with Crippen molar-refractivity contribution in [3.63, 3.8) is 0 Å². The molecule has 3 heterocycles. The molecule has 2 saturated heterocycles. The number of rotatable bonds is 6. The number of nitrogens with zero attached hydrogens (tertiary/aromatic N) is 4. The van der Waals surface area contributed by atoms with Gasteiger partial charge in [0, 0.05) is 50.4 Å². The maximum Gasteiger partial charge on any atom is 0.333 e. The van der Waals surface area contributed by atoms with Gasteiger partial charge < -0.3 is 19.9 Å². The van der Waals surface area contributed by atoms with Crippen molar-refractivity contribution in [1.82, 2.24) is 30.4 Å². The van der Waals surface area contributed by atoms with E-state index >= 15 is 0 Å². The zero-order valence-corrected chi connectivity index (χ0v) is 23.1. The van der Waals surface area contributed by atoms with E-state index in [1.165, 1.54) is 0 Å². The summed E-state index contributed by atoms with van der Waals surface area (Å²) in [5, 5.41) is 12.2. The van der Waals surface area contributed by atoms with E-state index in [0.29, 0.717) is 39.5 Å². The summed E-state index contributed by atoms with van der Waals surface area (Å²) in [6.07, 6.45) is 2.08. The zero-order valence-electron chi connectivity index (χ0n) is 22.2. The predicted molar refractivity (Wildman–Crippen MR) is 153 cm³/mol. The van der Waals surface area contributed by atoms with Gasteiger partial charge in [-0.3, -0.25) is 20.1 Å². The molecular weight excluding hydrogens is 534 g/mol. The maximum absolute atomic E-state index is 13.6. The average molecular weight is 566 g/mol. The van der Waals surface area contributed by atoms with E-state index < -0.39 is 0 Å². The highest BCUT2D eigenvalue weighted by molar-refractivity contribution is 6.26. The fourth-order valence-corrected chi connectivity index (χ4v) is 5.33. The number of ether oxygens (including phenoxy) is 1. The summed E-state index contributed by atoms with van der Waals surface area (Å²) in [6.45, 7) is 4.78. The molecule has 2 aliphatic heterocycles. The van der Waals surface area contributed by atoms with Crippen molar-refractivity contribution in [1.29, 1.82) is 0 Å². The van der Waals surface area contributed by atoms with Crippen molar-refractivity contribution in [2.45, 2.75) is 12.8 Å². The number of carbonyl (C=O) groups is 3. The molecule has 40 heavy (non-hydrogen) atoms. The number of likely N-dealkylation sites (N-methyl/N-ethyl adjacent to an activating group) is 1. The number of carbonyl (C=O) groups excluding carboxylic acids is 3. The number of amides is 3. The molecule has 3 aliphatic rings. The van der Waals surface area contributed by atoms with Gasteiger partial charge in [0.05, 0.1) is 22.5 Å². The highest BCUT2D eigenvalue weighted by atomic mass is 35.5. The summed E-state index contributed by atoms with van der Waals surface area (Å²) < 4.78 is 5.69. The van der Waals surface area contributed by atoms with Gasteiger partial charge in [-0.25, -0.2) is 9.80 Å². The monoisotopic (exact) mass is 565 g/mol. The van der Waals surface area contributed by atoms with E-state index in [9.17, 15) is 14.4 Å². The molecule has 3 N–H and O–H groups in total. The zero-order chi connectivity index (χ0) is 26.9.